The van der Waals surface area contributed by atoms with Gasteiger partial charge in [0.1, 0.15) is 5.82 Å². The van der Waals surface area contributed by atoms with Crippen molar-refractivity contribution in [2.75, 3.05) is 18.0 Å². The van der Waals surface area contributed by atoms with Gasteiger partial charge in [0, 0.05) is 19.3 Å². The maximum atomic E-state index is 11.1. The van der Waals surface area contributed by atoms with Gasteiger partial charge in [0.25, 0.3) is 0 Å². The predicted octanol–water partition coefficient (Wildman–Crippen LogP) is 2.44. The van der Waals surface area contributed by atoms with E-state index < -0.39 is 5.97 Å². The van der Waals surface area contributed by atoms with Gasteiger partial charge in [0.05, 0.1) is 22.3 Å². The summed E-state index contributed by atoms with van der Waals surface area (Å²) in [6.07, 6.45) is 1.45. The largest absolute Gasteiger partial charge is 0.478 e. The number of carboxylic acids is 1. The minimum Gasteiger partial charge on any atom is -0.478 e. The molecule has 2 rings (SSSR count). The van der Waals surface area contributed by atoms with Gasteiger partial charge >= 0.3 is 5.97 Å². The Bertz CT molecular complexity index is 505. The van der Waals surface area contributed by atoms with E-state index in [1.54, 1.807) is 0 Å². The Hall–Kier alpha value is -1.33. The molecule has 1 aliphatic rings. The lowest BCUT2D eigenvalue weighted by Crippen LogP contribution is -2.52. The van der Waals surface area contributed by atoms with Crippen molar-refractivity contribution < 1.29 is 14.6 Å². The first kappa shape index (κ1) is 14.1. The van der Waals surface area contributed by atoms with Crippen molar-refractivity contribution in [1.29, 1.82) is 0 Å². The summed E-state index contributed by atoms with van der Waals surface area (Å²) in [5.41, 5.74) is -0.217. The molecule has 19 heavy (non-hydrogen) atoms. The summed E-state index contributed by atoms with van der Waals surface area (Å²) in [6.45, 7) is 7.33. The first-order valence-corrected chi connectivity index (χ1v) is 6.48. The van der Waals surface area contributed by atoms with Gasteiger partial charge in [-0.15, -0.1) is 0 Å². The van der Waals surface area contributed by atoms with Gasteiger partial charge in [-0.25, -0.2) is 9.78 Å². The SMILES string of the molecule is CC1CN(c2cc(C(=O)O)c(Cl)cn2)CC(C)(C)O1. The molecule has 0 spiro atoms. The molecule has 0 amide bonds. The molecule has 1 unspecified atom stereocenters. The number of hydrogen-bond donors (Lipinski definition) is 1. The van der Waals surface area contributed by atoms with Gasteiger partial charge < -0.3 is 14.7 Å². The number of aromatic carboxylic acids is 1. The van der Waals surface area contributed by atoms with Crippen molar-refractivity contribution in [2.45, 2.75) is 32.5 Å². The van der Waals surface area contributed by atoms with Crippen LogP contribution in [0.25, 0.3) is 0 Å². The van der Waals surface area contributed by atoms with Crippen molar-refractivity contribution in [1.82, 2.24) is 4.98 Å². The fourth-order valence-electron chi connectivity index (χ4n) is 2.39. The fraction of sp³-hybridized carbons (Fsp3) is 0.538. The van der Waals surface area contributed by atoms with Crippen LogP contribution in [0.15, 0.2) is 12.3 Å². The predicted molar refractivity (Wildman–Crippen MR) is 73.0 cm³/mol. The number of anilines is 1. The van der Waals surface area contributed by atoms with E-state index in [9.17, 15) is 4.79 Å². The van der Waals surface area contributed by atoms with Crippen molar-refractivity contribution in [3.8, 4) is 0 Å². The molecule has 1 aromatic heterocycles. The van der Waals surface area contributed by atoms with Crippen molar-refractivity contribution in [3.05, 3.63) is 22.8 Å². The smallest absolute Gasteiger partial charge is 0.337 e. The van der Waals surface area contributed by atoms with Crippen LogP contribution in [0.4, 0.5) is 5.82 Å². The van der Waals surface area contributed by atoms with Crippen LogP contribution in [-0.4, -0.2) is 40.9 Å². The van der Waals surface area contributed by atoms with Gasteiger partial charge in [0.15, 0.2) is 0 Å². The molecule has 2 heterocycles. The summed E-state index contributed by atoms with van der Waals surface area (Å²) >= 11 is 5.83. The number of rotatable bonds is 2. The Labute approximate surface area is 117 Å². The molecule has 1 saturated heterocycles. The number of carboxylic acid groups (broad SMARTS) is 1. The standard InChI is InChI=1S/C13H17ClN2O3/c1-8-6-16(7-13(2,3)19-8)11-4-9(12(17)18)10(14)5-15-11/h4-5,8H,6-7H2,1-3H3,(H,17,18). The summed E-state index contributed by atoms with van der Waals surface area (Å²) in [4.78, 5) is 17.3. The number of nitrogens with zero attached hydrogens (tertiary/aromatic N) is 2. The van der Waals surface area contributed by atoms with E-state index in [2.05, 4.69) is 4.98 Å². The van der Waals surface area contributed by atoms with Crippen LogP contribution in [0.3, 0.4) is 0 Å². The zero-order valence-electron chi connectivity index (χ0n) is 11.2. The number of morpholine rings is 1. The molecule has 1 fully saturated rings. The molecule has 1 atom stereocenters. The summed E-state index contributed by atoms with van der Waals surface area (Å²) < 4.78 is 5.81. The molecule has 0 bridgehead atoms. The highest BCUT2D eigenvalue weighted by Crippen LogP contribution is 2.27. The average molecular weight is 285 g/mol. The second-order valence-electron chi connectivity index (χ2n) is 5.40. The van der Waals surface area contributed by atoms with Crippen LogP contribution in [0.2, 0.25) is 5.02 Å². The maximum Gasteiger partial charge on any atom is 0.337 e. The van der Waals surface area contributed by atoms with Gasteiger partial charge in [-0.05, 0) is 26.8 Å². The third kappa shape index (κ3) is 3.16. The number of halogens is 1. The first-order valence-electron chi connectivity index (χ1n) is 6.10. The molecular weight excluding hydrogens is 268 g/mol. The summed E-state index contributed by atoms with van der Waals surface area (Å²) in [5.74, 6) is -0.431. The number of ether oxygens (including phenoxy) is 1. The Morgan fingerprint density at radius 3 is 2.89 bits per heavy atom. The number of hydrogen-bond acceptors (Lipinski definition) is 4. The van der Waals surface area contributed by atoms with Crippen molar-refractivity contribution >= 4 is 23.4 Å². The zero-order chi connectivity index (χ0) is 14.2. The highest BCUT2D eigenvalue weighted by molar-refractivity contribution is 6.33. The molecule has 0 aromatic carbocycles. The summed E-state index contributed by atoms with van der Waals surface area (Å²) in [5, 5.41) is 9.24. The second-order valence-corrected chi connectivity index (χ2v) is 5.80. The van der Waals surface area contributed by atoms with E-state index in [1.807, 2.05) is 25.7 Å². The Morgan fingerprint density at radius 2 is 2.32 bits per heavy atom. The normalized spacial score (nSPS) is 22.3. The van der Waals surface area contributed by atoms with Gasteiger partial charge in [-0.3, -0.25) is 0 Å². The van der Waals surface area contributed by atoms with E-state index in [-0.39, 0.29) is 22.3 Å². The third-order valence-corrected chi connectivity index (χ3v) is 3.27. The van der Waals surface area contributed by atoms with Crippen LogP contribution in [-0.2, 0) is 4.74 Å². The molecule has 1 aromatic rings. The van der Waals surface area contributed by atoms with Gasteiger partial charge in [0.2, 0.25) is 0 Å². The summed E-state index contributed by atoms with van der Waals surface area (Å²) in [7, 11) is 0. The third-order valence-electron chi connectivity index (χ3n) is 2.96. The molecule has 1 aliphatic heterocycles. The lowest BCUT2D eigenvalue weighted by Gasteiger charge is -2.42. The van der Waals surface area contributed by atoms with Crippen LogP contribution in [0.5, 0.6) is 0 Å². The lowest BCUT2D eigenvalue weighted by molar-refractivity contribution is -0.0751. The van der Waals surface area contributed by atoms with E-state index in [0.29, 0.717) is 18.9 Å². The van der Waals surface area contributed by atoms with E-state index in [1.165, 1.54) is 12.3 Å². The minimum absolute atomic E-state index is 0.0644. The lowest BCUT2D eigenvalue weighted by atomic mass is 10.1. The van der Waals surface area contributed by atoms with Gasteiger partial charge in [-0.2, -0.15) is 0 Å². The molecule has 104 valence electrons. The topological polar surface area (TPSA) is 62.7 Å². The number of pyridine rings is 1. The number of carbonyl (C=O) groups is 1. The molecule has 5 nitrogen and oxygen atoms in total. The Kier molecular flexibility index (Phi) is 3.69. The van der Waals surface area contributed by atoms with E-state index in [4.69, 9.17) is 21.4 Å². The molecule has 6 heteroatoms. The highest BCUT2D eigenvalue weighted by atomic mass is 35.5. The van der Waals surface area contributed by atoms with E-state index >= 15 is 0 Å². The second kappa shape index (κ2) is 4.98. The van der Waals surface area contributed by atoms with Gasteiger partial charge in [-0.1, -0.05) is 11.6 Å². The fourth-order valence-corrected chi connectivity index (χ4v) is 2.58. The molecule has 1 N–H and O–H groups in total. The zero-order valence-corrected chi connectivity index (χ0v) is 11.9. The van der Waals surface area contributed by atoms with Crippen molar-refractivity contribution in [2.24, 2.45) is 0 Å². The molecule has 0 radical (unpaired) electrons. The van der Waals surface area contributed by atoms with Crippen LogP contribution in [0, 0.1) is 0 Å². The van der Waals surface area contributed by atoms with Crippen LogP contribution < -0.4 is 4.90 Å². The monoisotopic (exact) mass is 284 g/mol. The average Bonchev–Trinajstić information content (AvgIpc) is 2.26. The maximum absolute atomic E-state index is 11.1. The summed E-state index contributed by atoms with van der Waals surface area (Å²) in [6, 6.07) is 1.51. The minimum atomic E-state index is -1.05. The Morgan fingerprint density at radius 1 is 1.63 bits per heavy atom. The Balaban J connectivity index is 2.31. The van der Waals surface area contributed by atoms with Crippen LogP contribution >= 0.6 is 11.6 Å². The molecular formula is C13H17ClN2O3. The number of aromatic nitrogens is 1. The molecule has 0 aliphatic carbocycles. The van der Waals surface area contributed by atoms with E-state index in [0.717, 1.165) is 0 Å². The molecule has 0 saturated carbocycles. The van der Waals surface area contributed by atoms with Crippen LogP contribution in [0.1, 0.15) is 31.1 Å². The quantitative estimate of drug-likeness (QED) is 0.904. The first-order chi connectivity index (χ1) is 8.78. The van der Waals surface area contributed by atoms with Crippen molar-refractivity contribution in [3.63, 3.8) is 0 Å². The highest BCUT2D eigenvalue weighted by Gasteiger charge is 2.32.